The number of rotatable bonds is 4. The van der Waals surface area contributed by atoms with Gasteiger partial charge < -0.3 is 15.2 Å². The number of aliphatic hydroxyl groups excluding tert-OH is 1. The lowest BCUT2D eigenvalue weighted by Gasteiger charge is -2.34. The van der Waals surface area contributed by atoms with Crippen LogP contribution in [0.5, 0.6) is 0 Å². The summed E-state index contributed by atoms with van der Waals surface area (Å²) in [4.78, 5) is 0. The Morgan fingerprint density at radius 3 is 2.32 bits per heavy atom. The molecular weight excluding hydrogens is 238 g/mol. The van der Waals surface area contributed by atoms with Gasteiger partial charge in [-0.2, -0.15) is 0 Å². The summed E-state index contributed by atoms with van der Waals surface area (Å²) in [6.07, 6.45) is 14.2. The van der Waals surface area contributed by atoms with Crippen molar-refractivity contribution in [2.45, 2.75) is 87.9 Å². The molecule has 1 aliphatic heterocycles. The molecule has 0 aromatic rings. The average molecular weight is 267 g/mol. The van der Waals surface area contributed by atoms with Gasteiger partial charge in [0.05, 0.1) is 18.3 Å². The zero-order valence-corrected chi connectivity index (χ0v) is 12.1. The van der Waals surface area contributed by atoms with E-state index in [0.717, 1.165) is 19.4 Å². The highest BCUT2D eigenvalue weighted by atomic mass is 16.5. The third kappa shape index (κ3) is 2.98. The van der Waals surface area contributed by atoms with Crippen LogP contribution in [0.3, 0.4) is 0 Å². The summed E-state index contributed by atoms with van der Waals surface area (Å²) in [7, 11) is 0. The molecule has 0 bridgehead atoms. The summed E-state index contributed by atoms with van der Waals surface area (Å²) in [5, 5.41) is 13.3. The van der Waals surface area contributed by atoms with Crippen LogP contribution in [0.15, 0.2) is 0 Å². The molecule has 3 rings (SSSR count). The minimum atomic E-state index is 0.00563. The summed E-state index contributed by atoms with van der Waals surface area (Å²) >= 11 is 0. The van der Waals surface area contributed by atoms with E-state index in [1.807, 2.05) is 0 Å². The van der Waals surface area contributed by atoms with Crippen LogP contribution in [0.4, 0.5) is 0 Å². The van der Waals surface area contributed by atoms with E-state index >= 15 is 0 Å². The van der Waals surface area contributed by atoms with Crippen LogP contribution in [0.2, 0.25) is 0 Å². The maximum atomic E-state index is 9.63. The highest BCUT2D eigenvalue weighted by Gasteiger charge is 2.41. The minimum absolute atomic E-state index is 0.00563. The summed E-state index contributed by atoms with van der Waals surface area (Å²) in [5.41, 5.74) is 0.234. The summed E-state index contributed by atoms with van der Waals surface area (Å²) in [6.45, 7) is 1.22. The van der Waals surface area contributed by atoms with Gasteiger partial charge in [-0.05, 0) is 38.5 Å². The first-order valence-electron chi connectivity index (χ1n) is 8.30. The standard InChI is InChI=1S/C16H29NO2/c18-13-15(7-4-5-8-15)17-12-14-6-11-16(19-14)9-2-1-3-10-16/h14,17-18H,1-13H2. The van der Waals surface area contributed by atoms with Crippen molar-refractivity contribution < 1.29 is 9.84 Å². The molecule has 110 valence electrons. The Kier molecular flexibility index (Phi) is 4.16. The first kappa shape index (κ1) is 13.8. The second-order valence-electron chi connectivity index (χ2n) is 7.05. The van der Waals surface area contributed by atoms with E-state index in [-0.39, 0.29) is 17.7 Å². The molecule has 1 saturated heterocycles. The van der Waals surface area contributed by atoms with Crippen LogP contribution in [0.25, 0.3) is 0 Å². The highest BCUT2D eigenvalue weighted by molar-refractivity contribution is 4.96. The zero-order chi connectivity index (χ0) is 13.2. The molecule has 0 amide bonds. The number of aliphatic hydroxyl groups is 1. The van der Waals surface area contributed by atoms with Gasteiger partial charge in [-0.25, -0.2) is 0 Å². The molecule has 2 saturated carbocycles. The smallest absolute Gasteiger partial charge is 0.0708 e. The van der Waals surface area contributed by atoms with E-state index in [1.54, 1.807) is 0 Å². The fourth-order valence-corrected chi connectivity index (χ4v) is 4.38. The Morgan fingerprint density at radius 2 is 1.63 bits per heavy atom. The molecule has 3 fully saturated rings. The zero-order valence-electron chi connectivity index (χ0n) is 12.1. The van der Waals surface area contributed by atoms with Crippen molar-refractivity contribution in [3.63, 3.8) is 0 Å². The first-order chi connectivity index (χ1) is 9.26. The molecule has 1 unspecified atom stereocenters. The SMILES string of the molecule is OCC1(NCC2CCC3(CCCCC3)O2)CCCC1. The molecule has 3 nitrogen and oxygen atoms in total. The van der Waals surface area contributed by atoms with Gasteiger partial charge in [0, 0.05) is 12.1 Å². The predicted octanol–water partition coefficient (Wildman–Crippen LogP) is 2.76. The normalized spacial score (nSPS) is 33.0. The Hall–Kier alpha value is -0.120. The fourth-order valence-electron chi connectivity index (χ4n) is 4.38. The third-order valence-electron chi connectivity index (χ3n) is 5.67. The fraction of sp³-hybridized carbons (Fsp3) is 1.00. The van der Waals surface area contributed by atoms with Crippen molar-refractivity contribution in [3.8, 4) is 0 Å². The van der Waals surface area contributed by atoms with Crippen molar-refractivity contribution in [1.82, 2.24) is 5.32 Å². The summed E-state index contributed by atoms with van der Waals surface area (Å²) < 4.78 is 6.40. The molecular formula is C16H29NO2. The quantitative estimate of drug-likeness (QED) is 0.823. The van der Waals surface area contributed by atoms with Crippen LogP contribution in [0, 0.1) is 0 Å². The molecule has 3 heteroatoms. The Labute approximate surface area is 117 Å². The summed E-state index contributed by atoms with van der Waals surface area (Å²) in [6, 6.07) is 0. The summed E-state index contributed by atoms with van der Waals surface area (Å²) in [5.74, 6) is 0. The molecule has 2 N–H and O–H groups in total. The van der Waals surface area contributed by atoms with Crippen LogP contribution in [0.1, 0.15) is 70.6 Å². The molecule has 0 radical (unpaired) electrons. The lowest BCUT2D eigenvalue weighted by atomic mass is 9.83. The minimum Gasteiger partial charge on any atom is -0.394 e. The first-order valence-corrected chi connectivity index (χ1v) is 8.30. The van der Waals surface area contributed by atoms with Gasteiger partial charge in [0.25, 0.3) is 0 Å². The Balaban J connectivity index is 1.49. The van der Waals surface area contributed by atoms with E-state index in [9.17, 15) is 5.11 Å². The maximum absolute atomic E-state index is 9.63. The number of hydrogen-bond acceptors (Lipinski definition) is 3. The van der Waals surface area contributed by atoms with Crippen molar-refractivity contribution in [3.05, 3.63) is 0 Å². The lowest BCUT2D eigenvalue weighted by Crippen LogP contribution is -2.49. The lowest BCUT2D eigenvalue weighted by molar-refractivity contribution is -0.0648. The van der Waals surface area contributed by atoms with Crippen molar-refractivity contribution in [2.24, 2.45) is 0 Å². The number of ether oxygens (including phenoxy) is 1. The highest BCUT2D eigenvalue weighted by Crippen LogP contribution is 2.42. The second-order valence-corrected chi connectivity index (χ2v) is 7.05. The molecule has 0 aromatic heterocycles. The molecule has 3 aliphatic rings. The van der Waals surface area contributed by atoms with E-state index < -0.39 is 0 Å². The van der Waals surface area contributed by atoms with E-state index in [1.165, 1.54) is 57.8 Å². The van der Waals surface area contributed by atoms with Crippen molar-refractivity contribution in [2.75, 3.05) is 13.2 Å². The topological polar surface area (TPSA) is 41.5 Å². The largest absolute Gasteiger partial charge is 0.394 e. The number of nitrogens with one attached hydrogen (secondary N) is 1. The van der Waals surface area contributed by atoms with Gasteiger partial charge in [0.1, 0.15) is 0 Å². The van der Waals surface area contributed by atoms with Gasteiger partial charge >= 0.3 is 0 Å². The number of hydrogen-bond donors (Lipinski definition) is 2. The molecule has 19 heavy (non-hydrogen) atoms. The average Bonchev–Trinajstić information content (AvgIpc) is 3.06. The second kappa shape index (κ2) is 5.71. The van der Waals surface area contributed by atoms with Crippen LogP contribution < -0.4 is 5.32 Å². The molecule has 0 aromatic carbocycles. The van der Waals surface area contributed by atoms with Crippen molar-refractivity contribution in [1.29, 1.82) is 0 Å². The molecule has 2 aliphatic carbocycles. The van der Waals surface area contributed by atoms with Crippen molar-refractivity contribution >= 4 is 0 Å². The van der Waals surface area contributed by atoms with E-state index in [0.29, 0.717) is 6.10 Å². The Morgan fingerprint density at radius 1 is 0.947 bits per heavy atom. The predicted molar refractivity (Wildman–Crippen MR) is 76.2 cm³/mol. The van der Waals surface area contributed by atoms with E-state index in [2.05, 4.69) is 5.32 Å². The monoisotopic (exact) mass is 267 g/mol. The molecule has 1 spiro atoms. The van der Waals surface area contributed by atoms with Crippen LogP contribution >= 0.6 is 0 Å². The van der Waals surface area contributed by atoms with Gasteiger partial charge in [0.15, 0.2) is 0 Å². The van der Waals surface area contributed by atoms with Gasteiger partial charge in [-0.1, -0.05) is 32.1 Å². The molecule has 1 heterocycles. The maximum Gasteiger partial charge on any atom is 0.0708 e. The van der Waals surface area contributed by atoms with Gasteiger partial charge in [0.2, 0.25) is 0 Å². The van der Waals surface area contributed by atoms with Gasteiger partial charge in [-0.3, -0.25) is 0 Å². The van der Waals surface area contributed by atoms with Gasteiger partial charge in [-0.15, -0.1) is 0 Å². The van der Waals surface area contributed by atoms with Crippen LogP contribution in [-0.4, -0.2) is 35.5 Å². The van der Waals surface area contributed by atoms with E-state index in [4.69, 9.17) is 4.74 Å². The Bertz CT molecular complexity index is 293. The third-order valence-corrected chi connectivity index (χ3v) is 5.67. The van der Waals surface area contributed by atoms with Crippen LogP contribution in [-0.2, 0) is 4.74 Å². The molecule has 1 atom stereocenters.